The Morgan fingerprint density at radius 2 is 1.81 bits per heavy atom. The Balaban J connectivity index is 2.49. The summed E-state index contributed by atoms with van der Waals surface area (Å²) in [5, 5.41) is 3.13. The summed E-state index contributed by atoms with van der Waals surface area (Å²) in [6.45, 7) is 0. The van der Waals surface area contributed by atoms with Crippen molar-refractivity contribution in [2.45, 2.75) is 0 Å². The number of hydrogen-bond acceptors (Lipinski definition) is 2. The minimum absolute atomic E-state index is 0.899. The lowest BCUT2D eigenvalue weighted by atomic mass is 10.0. The molecule has 2 aromatic carbocycles. The molecule has 16 heavy (non-hydrogen) atoms. The topological polar surface area (TPSA) is 21.3 Å². The van der Waals surface area contributed by atoms with E-state index in [1.807, 2.05) is 37.4 Å². The minimum atomic E-state index is 0.899. The van der Waals surface area contributed by atoms with Crippen LogP contribution < -0.4 is 10.1 Å². The maximum Gasteiger partial charge on any atom is 0.126 e. The van der Waals surface area contributed by atoms with Crippen LogP contribution in [0.4, 0.5) is 5.69 Å². The molecule has 0 atom stereocenters. The van der Waals surface area contributed by atoms with Gasteiger partial charge in [-0.1, -0.05) is 30.3 Å². The highest BCUT2D eigenvalue weighted by atomic mass is 16.5. The van der Waals surface area contributed by atoms with Crippen LogP contribution in [-0.4, -0.2) is 14.2 Å². The zero-order valence-electron chi connectivity index (χ0n) is 9.53. The predicted molar refractivity (Wildman–Crippen MR) is 68.0 cm³/mol. The van der Waals surface area contributed by atoms with Crippen LogP contribution in [0.25, 0.3) is 11.1 Å². The van der Waals surface area contributed by atoms with Gasteiger partial charge in [0.05, 0.1) is 7.11 Å². The summed E-state index contributed by atoms with van der Waals surface area (Å²) in [6.07, 6.45) is 0. The van der Waals surface area contributed by atoms with Crippen molar-refractivity contribution in [1.82, 2.24) is 0 Å². The van der Waals surface area contributed by atoms with Gasteiger partial charge < -0.3 is 10.1 Å². The number of benzene rings is 2. The van der Waals surface area contributed by atoms with Crippen LogP contribution in [0.1, 0.15) is 0 Å². The highest BCUT2D eigenvalue weighted by molar-refractivity contribution is 5.73. The van der Waals surface area contributed by atoms with E-state index in [0.717, 1.165) is 22.6 Å². The van der Waals surface area contributed by atoms with Gasteiger partial charge in [0.15, 0.2) is 0 Å². The molecule has 0 fully saturated rings. The van der Waals surface area contributed by atoms with Gasteiger partial charge >= 0.3 is 0 Å². The Morgan fingerprint density at radius 1 is 1.00 bits per heavy atom. The second-order valence-electron chi connectivity index (χ2n) is 3.53. The van der Waals surface area contributed by atoms with Crippen molar-refractivity contribution in [3.8, 4) is 16.9 Å². The summed E-state index contributed by atoms with van der Waals surface area (Å²) >= 11 is 0. The Hall–Kier alpha value is -1.96. The molecule has 0 heterocycles. The SMILES string of the molecule is CNc1cccc(-c2ccccc2OC)c1. The Labute approximate surface area is 95.9 Å². The quantitative estimate of drug-likeness (QED) is 0.843. The number of anilines is 1. The van der Waals surface area contributed by atoms with Crippen LogP contribution in [0, 0.1) is 0 Å². The van der Waals surface area contributed by atoms with Crippen LogP contribution in [0.2, 0.25) is 0 Å². The van der Waals surface area contributed by atoms with Crippen molar-refractivity contribution < 1.29 is 4.74 Å². The third kappa shape index (κ3) is 2.01. The molecule has 1 N–H and O–H groups in total. The molecule has 0 radical (unpaired) electrons. The van der Waals surface area contributed by atoms with Crippen molar-refractivity contribution in [3.63, 3.8) is 0 Å². The highest BCUT2D eigenvalue weighted by Gasteiger charge is 2.04. The fourth-order valence-electron chi connectivity index (χ4n) is 1.73. The van der Waals surface area contributed by atoms with Gasteiger partial charge in [-0.3, -0.25) is 0 Å². The third-order valence-corrected chi connectivity index (χ3v) is 2.57. The van der Waals surface area contributed by atoms with E-state index in [-0.39, 0.29) is 0 Å². The van der Waals surface area contributed by atoms with Crippen LogP contribution >= 0.6 is 0 Å². The van der Waals surface area contributed by atoms with Crippen molar-refractivity contribution in [2.24, 2.45) is 0 Å². The van der Waals surface area contributed by atoms with Crippen LogP contribution in [0.15, 0.2) is 48.5 Å². The van der Waals surface area contributed by atoms with E-state index in [2.05, 4.69) is 23.5 Å². The molecule has 2 aromatic rings. The molecule has 0 aliphatic heterocycles. The van der Waals surface area contributed by atoms with Crippen LogP contribution in [-0.2, 0) is 0 Å². The van der Waals surface area contributed by atoms with E-state index in [9.17, 15) is 0 Å². The van der Waals surface area contributed by atoms with E-state index >= 15 is 0 Å². The normalized spacial score (nSPS) is 9.88. The molecule has 82 valence electrons. The van der Waals surface area contributed by atoms with E-state index in [1.54, 1.807) is 7.11 Å². The second kappa shape index (κ2) is 4.71. The zero-order chi connectivity index (χ0) is 11.4. The van der Waals surface area contributed by atoms with Gasteiger partial charge in [0.25, 0.3) is 0 Å². The first kappa shape index (κ1) is 10.6. The molecular formula is C14H15NO. The average molecular weight is 213 g/mol. The van der Waals surface area contributed by atoms with Gasteiger partial charge in [-0.15, -0.1) is 0 Å². The fourth-order valence-corrected chi connectivity index (χ4v) is 1.73. The third-order valence-electron chi connectivity index (χ3n) is 2.57. The molecular weight excluding hydrogens is 198 g/mol. The smallest absolute Gasteiger partial charge is 0.126 e. The molecule has 0 aliphatic carbocycles. The van der Waals surface area contributed by atoms with Crippen molar-refractivity contribution in [2.75, 3.05) is 19.5 Å². The summed E-state index contributed by atoms with van der Waals surface area (Å²) in [5.74, 6) is 0.899. The fraction of sp³-hybridized carbons (Fsp3) is 0.143. The largest absolute Gasteiger partial charge is 0.496 e. The first-order valence-electron chi connectivity index (χ1n) is 5.26. The standard InChI is InChI=1S/C14H15NO/c1-15-12-7-5-6-11(10-12)13-8-3-4-9-14(13)16-2/h3-10,15H,1-2H3. The second-order valence-corrected chi connectivity index (χ2v) is 3.53. The van der Waals surface area contributed by atoms with Crippen LogP contribution in [0.3, 0.4) is 0 Å². The number of nitrogens with one attached hydrogen (secondary N) is 1. The zero-order valence-corrected chi connectivity index (χ0v) is 9.53. The number of rotatable bonds is 3. The molecule has 2 heteroatoms. The monoisotopic (exact) mass is 213 g/mol. The molecule has 0 saturated heterocycles. The van der Waals surface area contributed by atoms with Gasteiger partial charge in [-0.2, -0.15) is 0 Å². The lowest BCUT2D eigenvalue weighted by Crippen LogP contribution is -1.90. The molecule has 2 nitrogen and oxygen atoms in total. The summed E-state index contributed by atoms with van der Waals surface area (Å²) in [6, 6.07) is 16.3. The molecule has 0 amide bonds. The molecule has 0 aliphatic rings. The Bertz CT molecular complexity index is 480. The number of hydrogen-bond donors (Lipinski definition) is 1. The van der Waals surface area contributed by atoms with Gasteiger partial charge in [0.2, 0.25) is 0 Å². The van der Waals surface area contributed by atoms with Crippen molar-refractivity contribution in [3.05, 3.63) is 48.5 Å². The van der Waals surface area contributed by atoms with Gasteiger partial charge in [-0.25, -0.2) is 0 Å². The molecule has 0 aromatic heterocycles. The molecule has 0 unspecified atom stereocenters. The highest BCUT2D eigenvalue weighted by Crippen LogP contribution is 2.30. The lowest BCUT2D eigenvalue weighted by Gasteiger charge is -2.09. The molecule has 0 spiro atoms. The maximum absolute atomic E-state index is 5.35. The first-order valence-corrected chi connectivity index (χ1v) is 5.26. The number of para-hydroxylation sites is 1. The van der Waals surface area contributed by atoms with Crippen molar-refractivity contribution in [1.29, 1.82) is 0 Å². The molecule has 2 rings (SSSR count). The summed E-state index contributed by atoms with van der Waals surface area (Å²) in [5.41, 5.74) is 3.37. The predicted octanol–water partition coefficient (Wildman–Crippen LogP) is 3.40. The van der Waals surface area contributed by atoms with Gasteiger partial charge in [-0.05, 0) is 23.8 Å². The van der Waals surface area contributed by atoms with Crippen molar-refractivity contribution >= 4 is 5.69 Å². The molecule has 0 saturated carbocycles. The summed E-state index contributed by atoms with van der Waals surface area (Å²) in [7, 11) is 3.61. The van der Waals surface area contributed by atoms with Gasteiger partial charge in [0.1, 0.15) is 5.75 Å². The summed E-state index contributed by atoms with van der Waals surface area (Å²) in [4.78, 5) is 0. The number of ether oxygens (including phenoxy) is 1. The van der Waals surface area contributed by atoms with E-state index < -0.39 is 0 Å². The van der Waals surface area contributed by atoms with E-state index in [0.29, 0.717) is 0 Å². The molecule has 0 bridgehead atoms. The minimum Gasteiger partial charge on any atom is -0.496 e. The maximum atomic E-state index is 5.35. The van der Waals surface area contributed by atoms with Crippen LogP contribution in [0.5, 0.6) is 5.75 Å². The lowest BCUT2D eigenvalue weighted by molar-refractivity contribution is 0.416. The Morgan fingerprint density at radius 3 is 2.56 bits per heavy atom. The summed E-state index contributed by atoms with van der Waals surface area (Å²) < 4.78 is 5.35. The van der Waals surface area contributed by atoms with E-state index in [1.165, 1.54) is 0 Å². The first-order chi connectivity index (χ1) is 7.85. The Kier molecular flexibility index (Phi) is 3.10. The number of methoxy groups -OCH3 is 1. The van der Waals surface area contributed by atoms with E-state index in [4.69, 9.17) is 4.74 Å². The van der Waals surface area contributed by atoms with Gasteiger partial charge in [0, 0.05) is 18.3 Å². The average Bonchev–Trinajstić information content (AvgIpc) is 2.38.